The molecule has 0 spiro atoms. The predicted octanol–water partition coefficient (Wildman–Crippen LogP) is 3.42. The van der Waals surface area contributed by atoms with Gasteiger partial charge in [0.05, 0.1) is 6.42 Å². The molecule has 1 amide bonds. The molecule has 1 atom stereocenters. The fourth-order valence-corrected chi connectivity index (χ4v) is 2.57. The number of halogens is 2. The molecule has 0 aliphatic heterocycles. The Morgan fingerprint density at radius 1 is 1.41 bits per heavy atom. The Balaban J connectivity index is 2.58. The van der Waals surface area contributed by atoms with Crippen molar-refractivity contribution in [1.29, 1.82) is 0 Å². The van der Waals surface area contributed by atoms with Crippen LogP contribution in [0, 0.1) is 5.92 Å². The van der Waals surface area contributed by atoms with E-state index in [0.717, 1.165) is 10.9 Å². The van der Waals surface area contributed by atoms with Gasteiger partial charge in [-0.05, 0) is 17.5 Å². The van der Waals surface area contributed by atoms with Gasteiger partial charge in [0, 0.05) is 16.4 Å². The predicted molar refractivity (Wildman–Crippen MR) is 75.7 cm³/mol. The lowest BCUT2D eigenvalue weighted by Crippen LogP contribution is -2.40. The maximum Gasteiger partial charge on any atom is 0.224 e. The highest BCUT2D eigenvalue weighted by Crippen LogP contribution is 2.15. The van der Waals surface area contributed by atoms with Gasteiger partial charge in [0.2, 0.25) is 5.91 Å². The fraction of sp³-hybridized carbons (Fsp3) is 0.462. The summed E-state index contributed by atoms with van der Waals surface area (Å²) in [5.74, 6) is 0.417. The van der Waals surface area contributed by atoms with Crippen molar-refractivity contribution >= 4 is 33.4 Å². The molecule has 0 aliphatic carbocycles. The molecule has 1 aromatic rings. The summed E-state index contributed by atoms with van der Waals surface area (Å²) in [6, 6.07) is 7.58. The van der Waals surface area contributed by atoms with Crippen LogP contribution < -0.4 is 5.32 Å². The molecular weight excluding hydrogens is 302 g/mol. The molecule has 1 N–H and O–H groups in total. The van der Waals surface area contributed by atoms with Gasteiger partial charge in [-0.2, -0.15) is 0 Å². The van der Waals surface area contributed by atoms with Gasteiger partial charge >= 0.3 is 0 Å². The number of benzene rings is 1. The zero-order chi connectivity index (χ0) is 12.8. The summed E-state index contributed by atoms with van der Waals surface area (Å²) in [7, 11) is 0. The summed E-state index contributed by atoms with van der Waals surface area (Å²) in [5, 5.41) is 4.40. The minimum absolute atomic E-state index is 0.0104. The maximum atomic E-state index is 11.8. The normalized spacial score (nSPS) is 12.5. The van der Waals surface area contributed by atoms with Crippen molar-refractivity contribution in [3.8, 4) is 0 Å². The first kappa shape index (κ1) is 14.5. The third kappa shape index (κ3) is 4.68. The Kier molecular flexibility index (Phi) is 6.00. The number of hydrogen-bond donors (Lipinski definition) is 1. The summed E-state index contributed by atoms with van der Waals surface area (Å²) < 4.78 is 0. The number of rotatable bonds is 5. The first-order valence-electron chi connectivity index (χ1n) is 5.63. The highest BCUT2D eigenvalue weighted by Gasteiger charge is 2.15. The van der Waals surface area contributed by atoms with Gasteiger partial charge in [-0.1, -0.05) is 59.6 Å². The minimum Gasteiger partial charge on any atom is -0.352 e. The smallest absolute Gasteiger partial charge is 0.224 e. The Morgan fingerprint density at radius 3 is 2.59 bits per heavy atom. The Hall–Kier alpha value is -0.540. The van der Waals surface area contributed by atoms with Crippen molar-refractivity contribution in [2.45, 2.75) is 26.3 Å². The minimum atomic E-state index is 0.0104. The number of amides is 1. The van der Waals surface area contributed by atoms with Gasteiger partial charge in [0.25, 0.3) is 0 Å². The van der Waals surface area contributed by atoms with E-state index in [1.807, 2.05) is 18.2 Å². The number of carbonyl (C=O) groups is 1. The van der Waals surface area contributed by atoms with Gasteiger partial charge in [0.15, 0.2) is 0 Å². The average molecular weight is 319 g/mol. The molecule has 2 nitrogen and oxygen atoms in total. The molecule has 1 aromatic carbocycles. The first-order valence-corrected chi connectivity index (χ1v) is 7.13. The highest BCUT2D eigenvalue weighted by molar-refractivity contribution is 9.09. The van der Waals surface area contributed by atoms with Gasteiger partial charge in [-0.3, -0.25) is 4.79 Å². The van der Waals surface area contributed by atoms with E-state index in [1.165, 1.54) is 0 Å². The largest absolute Gasteiger partial charge is 0.352 e. The van der Waals surface area contributed by atoms with E-state index in [2.05, 4.69) is 35.1 Å². The molecule has 0 aliphatic rings. The zero-order valence-electron chi connectivity index (χ0n) is 10.0. The van der Waals surface area contributed by atoms with E-state index in [1.54, 1.807) is 6.07 Å². The zero-order valence-corrected chi connectivity index (χ0v) is 12.4. The van der Waals surface area contributed by atoms with Crippen LogP contribution in [-0.2, 0) is 11.2 Å². The van der Waals surface area contributed by atoms with Crippen molar-refractivity contribution in [3.63, 3.8) is 0 Å². The van der Waals surface area contributed by atoms with E-state index in [0.29, 0.717) is 17.4 Å². The lowest BCUT2D eigenvalue weighted by Gasteiger charge is -2.20. The lowest BCUT2D eigenvalue weighted by molar-refractivity contribution is -0.121. The lowest BCUT2D eigenvalue weighted by atomic mass is 10.1. The van der Waals surface area contributed by atoms with Crippen LogP contribution in [0.4, 0.5) is 0 Å². The van der Waals surface area contributed by atoms with E-state index < -0.39 is 0 Å². The van der Waals surface area contributed by atoms with E-state index in [4.69, 9.17) is 11.6 Å². The molecule has 0 saturated carbocycles. The molecule has 4 heteroatoms. The molecule has 0 bridgehead atoms. The topological polar surface area (TPSA) is 29.1 Å². The van der Waals surface area contributed by atoms with E-state index in [-0.39, 0.29) is 11.9 Å². The number of carbonyl (C=O) groups excluding carboxylic acids is 1. The molecule has 0 aromatic heterocycles. The summed E-state index contributed by atoms with van der Waals surface area (Å²) in [6.07, 6.45) is 0.329. The van der Waals surface area contributed by atoms with Crippen LogP contribution in [0.15, 0.2) is 24.3 Å². The van der Waals surface area contributed by atoms with Gasteiger partial charge in [0.1, 0.15) is 0 Å². The van der Waals surface area contributed by atoms with Gasteiger partial charge in [-0.15, -0.1) is 0 Å². The fourth-order valence-electron chi connectivity index (χ4n) is 1.46. The van der Waals surface area contributed by atoms with E-state index >= 15 is 0 Å². The molecule has 1 unspecified atom stereocenters. The second-order valence-electron chi connectivity index (χ2n) is 4.34. The molecule has 0 heterocycles. The average Bonchev–Trinajstić information content (AvgIpc) is 2.28. The number of nitrogens with one attached hydrogen (secondary N) is 1. The van der Waals surface area contributed by atoms with E-state index in [9.17, 15) is 4.79 Å². The monoisotopic (exact) mass is 317 g/mol. The molecule has 94 valence electrons. The highest BCUT2D eigenvalue weighted by atomic mass is 79.9. The summed E-state index contributed by atoms with van der Waals surface area (Å²) in [6.45, 7) is 4.17. The van der Waals surface area contributed by atoms with Crippen molar-refractivity contribution in [2.75, 3.05) is 5.33 Å². The van der Waals surface area contributed by atoms with Crippen LogP contribution in [0.3, 0.4) is 0 Å². The van der Waals surface area contributed by atoms with Crippen LogP contribution in [0.25, 0.3) is 0 Å². The van der Waals surface area contributed by atoms with Crippen LogP contribution in [0.5, 0.6) is 0 Å². The van der Waals surface area contributed by atoms with Crippen LogP contribution in [-0.4, -0.2) is 17.3 Å². The van der Waals surface area contributed by atoms with Crippen LogP contribution in [0.2, 0.25) is 5.02 Å². The van der Waals surface area contributed by atoms with Crippen molar-refractivity contribution in [2.24, 2.45) is 5.92 Å². The van der Waals surface area contributed by atoms with Crippen molar-refractivity contribution < 1.29 is 4.79 Å². The van der Waals surface area contributed by atoms with Crippen LogP contribution >= 0.6 is 27.5 Å². The third-order valence-corrected chi connectivity index (χ3v) is 3.69. The summed E-state index contributed by atoms with van der Waals surface area (Å²) in [4.78, 5) is 11.8. The quantitative estimate of drug-likeness (QED) is 0.828. The standard InChI is InChI=1S/C13H17BrClNO/c1-9(2)12(8-14)16-13(17)7-10-5-3-4-6-11(10)15/h3-6,9,12H,7-8H2,1-2H3,(H,16,17). The molecule has 17 heavy (non-hydrogen) atoms. The van der Waals surface area contributed by atoms with Crippen molar-refractivity contribution in [1.82, 2.24) is 5.32 Å². The van der Waals surface area contributed by atoms with Gasteiger partial charge in [-0.25, -0.2) is 0 Å². The third-order valence-electron chi connectivity index (χ3n) is 2.63. The Bertz CT molecular complexity index is 381. The maximum absolute atomic E-state index is 11.8. The van der Waals surface area contributed by atoms with Gasteiger partial charge < -0.3 is 5.32 Å². The van der Waals surface area contributed by atoms with Crippen molar-refractivity contribution in [3.05, 3.63) is 34.9 Å². The molecular formula is C13H17BrClNO. The molecule has 1 rings (SSSR count). The molecule has 0 radical (unpaired) electrons. The molecule has 0 fully saturated rings. The second kappa shape index (κ2) is 7.02. The Morgan fingerprint density at radius 2 is 2.06 bits per heavy atom. The van der Waals surface area contributed by atoms with Crippen LogP contribution in [0.1, 0.15) is 19.4 Å². The SMILES string of the molecule is CC(C)C(CBr)NC(=O)Cc1ccccc1Cl. The first-order chi connectivity index (χ1) is 8.04. The molecule has 0 saturated heterocycles. The number of hydrogen-bond acceptors (Lipinski definition) is 1. The summed E-state index contributed by atoms with van der Waals surface area (Å²) in [5.41, 5.74) is 0.865. The Labute approximate surface area is 116 Å². The number of alkyl halides is 1. The summed E-state index contributed by atoms with van der Waals surface area (Å²) >= 11 is 9.42. The second-order valence-corrected chi connectivity index (χ2v) is 5.40.